The molecule has 0 aliphatic carbocycles. The zero-order chi connectivity index (χ0) is 19.3. The molecule has 0 saturated carbocycles. The van der Waals surface area contributed by atoms with Crippen LogP contribution in [-0.2, 0) is 25.5 Å². The summed E-state index contributed by atoms with van der Waals surface area (Å²) in [6.07, 6.45) is 0.368. The minimum atomic E-state index is -0.503. The van der Waals surface area contributed by atoms with Crippen molar-refractivity contribution in [1.29, 1.82) is 0 Å². The van der Waals surface area contributed by atoms with E-state index >= 15 is 0 Å². The Morgan fingerprint density at radius 1 is 1.12 bits per heavy atom. The van der Waals surface area contributed by atoms with Crippen LogP contribution in [0.1, 0.15) is 30.0 Å². The summed E-state index contributed by atoms with van der Waals surface area (Å²) < 4.78 is 20.3. The van der Waals surface area contributed by atoms with Gasteiger partial charge < -0.3 is 18.6 Å². The van der Waals surface area contributed by atoms with E-state index in [-0.39, 0.29) is 25.4 Å². The van der Waals surface area contributed by atoms with Gasteiger partial charge in [-0.3, -0.25) is 4.79 Å². The van der Waals surface area contributed by atoms with Gasteiger partial charge in [0.1, 0.15) is 11.3 Å². The predicted octanol–water partition coefficient (Wildman–Crippen LogP) is 2.46. The van der Waals surface area contributed by atoms with Crippen molar-refractivity contribution >= 4 is 22.9 Å². The van der Waals surface area contributed by atoms with Crippen molar-refractivity contribution in [2.24, 2.45) is 0 Å². The topological polar surface area (TPSA) is 92.0 Å². The largest absolute Gasteiger partial charge is 0.481 e. The number of hydrogen-bond acceptors (Lipinski definition) is 7. The maximum atomic E-state index is 12.4. The van der Waals surface area contributed by atoms with Crippen molar-refractivity contribution in [3.05, 3.63) is 39.2 Å². The van der Waals surface area contributed by atoms with E-state index in [1.54, 1.807) is 26.0 Å². The molecule has 1 heterocycles. The average molecular weight is 362 g/mol. The Morgan fingerprint density at radius 3 is 2.50 bits per heavy atom. The Morgan fingerprint density at radius 2 is 1.85 bits per heavy atom. The maximum Gasteiger partial charge on any atom is 0.343 e. The Bertz CT molecular complexity index is 880. The van der Waals surface area contributed by atoms with Crippen LogP contribution in [0.2, 0.25) is 0 Å². The minimum Gasteiger partial charge on any atom is -0.481 e. The number of aryl methyl sites for hydroxylation is 2. The van der Waals surface area contributed by atoms with Crippen LogP contribution >= 0.6 is 0 Å². The van der Waals surface area contributed by atoms with Crippen LogP contribution < -0.4 is 10.4 Å². The van der Waals surface area contributed by atoms with Gasteiger partial charge in [0.25, 0.3) is 0 Å². The molecule has 0 radical (unpaired) electrons. The molecule has 140 valence electrons. The number of benzene rings is 1. The quantitative estimate of drug-likeness (QED) is 0.552. The van der Waals surface area contributed by atoms with Gasteiger partial charge in [0.05, 0.1) is 13.7 Å². The second-order valence-corrected chi connectivity index (χ2v) is 5.73. The molecule has 0 atom stereocenters. The Labute approximate surface area is 150 Å². The minimum absolute atomic E-state index is 0.115. The molecule has 1 aromatic carbocycles. The van der Waals surface area contributed by atoms with Gasteiger partial charge in [-0.2, -0.15) is 0 Å². The molecule has 0 aliphatic heterocycles. The summed E-state index contributed by atoms with van der Waals surface area (Å²) in [5, 5.41) is 0.756. The van der Waals surface area contributed by atoms with Crippen molar-refractivity contribution in [3.63, 3.8) is 0 Å². The van der Waals surface area contributed by atoms with Crippen LogP contribution in [0.3, 0.4) is 0 Å². The van der Waals surface area contributed by atoms with Crippen LogP contribution in [0.4, 0.5) is 0 Å². The highest BCUT2D eigenvalue weighted by Crippen LogP contribution is 2.29. The third-order valence-electron chi connectivity index (χ3n) is 4.11. The number of methoxy groups -OCH3 is 1. The van der Waals surface area contributed by atoms with Crippen molar-refractivity contribution in [2.75, 3.05) is 20.3 Å². The third kappa shape index (κ3) is 4.22. The summed E-state index contributed by atoms with van der Waals surface area (Å²) in [6, 6.07) is 3.48. The third-order valence-corrected chi connectivity index (χ3v) is 4.11. The molecule has 2 aromatic rings. The van der Waals surface area contributed by atoms with Gasteiger partial charge in [-0.25, -0.2) is 9.59 Å². The summed E-state index contributed by atoms with van der Waals surface area (Å²) in [6.45, 7) is 5.36. The molecule has 0 N–H and O–H groups in total. The summed E-state index contributed by atoms with van der Waals surface area (Å²) in [7, 11) is 1.28. The standard InChI is InChI=1S/C19H22O7/c1-5-24-16(20)9-7-14-11(2)13-6-8-15(25-10-17(21)23-4)12(3)18(13)26-19(14)22/h6,8H,5,7,9-10H2,1-4H3. The molecule has 0 aliphatic rings. The number of rotatable bonds is 7. The molecule has 0 saturated heterocycles. The molecule has 0 unspecified atom stereocenters. The van der Waals surface area contributed by atoms with Crippen molar-refractivity contribution in [3.8, 4) is 5.75 Å². The summed E-state index contributed by atoms with van der Waals surface area (Å²) >= 11 is 0. The zero-order valence-corrected chi connectivity index (χ0v) is 15.3. The Balaban J connectivity index is 2.35. The van der Waals surface area contributed by atoms with Crippen molar-refractivity contribution in [2.45, 2.75) is 33.6 Å². The fourth-order valence-corrected chi connectivity index (χ4v) is 2.67. The van der Waals surface area contributed by atoms with Gasteiger partial charge in [-0.15, -0.1) is 0 Å². The normalized spacial score (nSPS) is 10.6. The lowest BCUT2D eigenvalue weighted by Crippen LogP contribution is -2.15. The van der Waals surface area contributed by atoms with Gasteiger partial charge in [0.15, 0.2) is 6.61 Å². The maximum absolute atomic E-state index is 12.4. The molecule has 0 fully saturated rings. The van der Waals surface area contributed by atoms with E-state index in [4.69, 9.17) is 13.9 Å². The highest BCUT2D eigenvalue weighted by Gasteiger charge is 2.17. The van der Waals surface area contributed by atoms with Gasteiger partial charge in [-0.1, -0.05) is 0 Å². The Kier molecular flexibility index (Phi) is 6.38. The van der Waals surface area contributed by atoms with E-state index in [9.17, 15) is 14.4 Å². The zero-order valence-electron chi connectivity index (χ0n) is 15.3. The van der Waals surface area contributed by atoms with Gasteiger partial charge >= 0.3 is 17.6 Å². The van der Waals surface area contributed by atoms with E-state index in [0.717, 1.165) is 10.9 Å². The van der Waals surface area contributed by atoms with E-state index in [1.807, 2.05) is 6.92 Å². The summed E-state index contributed by atoms with van der Waals surface area (Å²) in [5.74, 6) is -0.421. The molecule has 7 nitrogen and oxygen atoms in total. The first-order valence-corrected chi connectivity index (χ1v) is 8.30. The molecule has 2 rings (SSSR count). The van der Waals surface area contributed by atoms with E-state index < -0.39 is 11.6 Å². The van der Waals surface area contributed by atoms with Crippen LogP contribution in [0.25, 0.3) is 11.0 Å². The number of carbonyl (C=O) groups excluding carboxylic acids is 2. The highest BCUT2D eigenvalue weighted by molar-refractivity contribution is 5.86. The van der Waals surface area contributed by atoms with E-state index in [2.05, 4.69) is 4.74 Å². The van der Waals surface area contributed by atoms with Crippen molar-refractivity contribution < 1.29 is 28.2 Å². The molecule has 0 bridgehead atoms. The molecule has 1 aromatic heterocycles. The van der Waals surface area contributed by atoms with Gasteiger partial charge in [-0.05, 0) is 44.9 Å². The first-order valence-electron chi connectivity index (χ1n) is 8.30. The predicted molar refractivity (Wildman–Crippen MR) is 94.4 cm³/mol. The monoisotopic (exact) mass is 362 g/mol. The fourth-order valence-electron chi connectivity index (χ4n) is 2.67. The summed E-state index contributed by atoms with van der Waals surface area (Å²) in [4.78, 5) is 35.1. The highest BCUT2D eigenvalue weighted by atomic mass is 16.6. The first-order chi connectivity index (χ1) is 12.4. The number of esters is 2. The second kappa shape index (κ2) is 8.51. The molecule has 0 amide bonds. The summed E-state index contributed by atoms with van der Waals surface area (Å²) in [5.41, 5.74) is 1.72. The van der Waals surface area contributed by atoms with E-state index in [0.29, 0.717) is 29.1 Å². The lowest BCUT2D eigenvalue weighted by atomic mass is 10.0. The number of hydrogen-bond donors (Lipinski definition) is 0. The fraction of sp³-hybridized carbons (Fsp3) is 0.421. The first kappa shape index (κ1) is 19.5. The molecule has 0 spiro atoms. The van der Waals surface area contributed by atoms with Crippen LogP contribution in [0.15, 0.2) is 21.3 Å². The number of carbonyl (C=O) groups is 2. The molecular weight excluding hydrogens is 340 g/mol. The Hall–Kier alpha value is -2.83. The smallest absolute Gasteiger partial charge is 0.343 e. The molecule has 7 heteroatoms. The number of fused-ring (bicyclic) bond motifs is 1. The lowest BCUT2D eigenvalue weighted by Gasteiger charge is -2.12. The van der Waals surface area contributed by atoms with E-state index in [1.165, 1.54) is 7.11 Å². The lowest BCUT2D eigenvalue weighted by molar-refractivity contribution is -0.143. The van der Waals surface area contributed by atoms with Crippen LogP contribution in [-0.4, -0.2) is 32.3 Å². The van der Waals surface area contributed by atoms with Crippen molar-refractivity contribution in [1.82, 2.24) is 0 Å². The SMILES string of the molecule is CCOC(=O)CCc1c(C)c2ccc(OCC(=O)OC)c(C)c2oc1=O. The number of ether oxygens (including phenoxy) is 3. The van der Waals surface area contributed by atoms with Gasteiger partial charge in [0.2, 0.25) is 0 Å². The second-order valence-electron chi connectivity index (χ2n) is 5.73. The van der Waals surface area contributed by atoms with Gasteiger partial charge in [0, 0.05) is 22.9 Å². The molecule has 26 heavy (non-hydrogen) atoms. The molecular formula is C19H22O7. The van der Waals surface area contributed by atoms with Crippen LogP contribution in [0.5, 0.6) is 5.75 Å². The van der Waals surface area contributed by atoms with Crippen LogP contribution in [0, 0.1) is 13.8 Å². The average Bonchev–Trinajstić information content (AvgIpc) is 2.61.